The van der Waals surface area contributed by atoms with Crippen LogP contribution in [0, 0.1) is 0 Å². The van der Waals surface area contributed by atoms with Crippen LogP contribution in [0.15, 0.2) is 121 Å². The summed E-state index contributed by atoms with van der Waals surface area (Å²) in [6.45, 7) is 0. The van der Waals surface area contributed by atoms with Crippen LogP contribution in [-0.4, -0.2) is 0 Å². The fourth-order valence-electron chi connectivity index (χ4n) is 5.48. The first-order chi connectivity index (χ1) is 15.2. The van der Waals surface area contributed by atoms with E-state index < -0.39 is 12.3 Å². The number of hydrogen-bond acceptors (Lipinski definition) is 1. The highest BCUT2D eigenvalue weighted by atomic mass is 31.2. The molecule has 1 aliphatic rings. The number of hydrogen-bond donors (Lipinski definition) is 0. The molecule has 0 bridgehead atoms. The second-order valence-corrected chi connectivity index (χ2v) is 11.8. The first-order valence-corrected chi connectivity index (χ1v) is 12.8. The molecule has 4 aromatic carbocycles. The van der Waals surface area contributed by atoms with Crippen molar-refractivity contribution in [1.82, 2.24) is 0 Å². The van der Waals surface area contributed by atoms with E-state index in [4.69, 9.17) is 0 Å². The summed E-state index contributed by atoms with van der Waals surface area (Å²) in [5, 5.41) is 0.582. The molecule has 2 heteroatoms. The van der Waals surface area contributed by atoms with Crippen LogP contribution in [0.4, 0.5) is 0 Å². The topological polar surface area (TPSA) is 17.1 Å². The van der Waals surface area contributed by atoms with Gasteiger partial charge >= 0.3 is 0 Å². The van der Waals surface area contributed by atoms with Crippen LogP contribution >= 0.6 is 7.14 Å². The first-order valence-electron chi connectivity index (χ1n) is 11.0. The van der Waals surface area contributed by atoms with E-state index in [2.05, 4.69) is 97.1 Å². The zero-order valence-electron chi connectivity index (χ0n) is 17.6. The van der Waals surface area contributed by atoms with Gasteiger partial charge in [0.2, 0.25) is 0 Å². The fourth-order valence-corrected chi connectivity index (χ4v) is 10.0. The Labute approximate surface area is 185 Å². The Hall–Kier alpha value is -2.89. The molecular weight excluding hydrogens is 395 g/mol. The molecule has 1 heterocycles. The maximum atomic E-state index is 15.6. The summed E-state index contributed by atoms with van der Waals surface area (Å²) < 4.78 is 15.6. The van der Waals surface area contributed by atoms with Crippen molar-refractivity contribution in [2.24, 2.45) is 0 Å². The lowest BCUT2D eigenvalue weighted by molar-refractivity contribution is 0.522. The molecule has 0 amide bonds. The SMILES string of the molecule is O=[P@@]1(c2ccccc2)[C@H](c2ccccc2)CC[C@]1(Cc1ccccc1)c1ccccc1. The maximum Gasteiger partial charge on any atom is 0.133 e. The lowest BCUT2D eigenvalue weighted by Gasteiger charge is -2.39. The summed E-state index contributed by atoms with van der Waals surface area (Å²) in [4.78, 5) is 0. The molecule has 5 rings (SSSR count). The van der Waals surface area contributed by atoms with Crippen molar-refractivity contribution < 1.29 is 4.57 Å². The number of rotatable bonds is 5. The van der Waals surface area contributed by atoms with Crippen LogP contribution in [-0.2, 0) is 16.1 Å². The van der Waals surface area contributed by atoms with Crippen molar-refractivity contribution in [2.75, 3.05) is 0 Å². The van der Waals surface area contributed by atoms with Gasteiger partial charge in [0.25, 0.3) is 0 Å². The van der Waals surface area contributed by atoms with Gasteiger partial charge in [0.1, 0.15) is 7.14 Å². The van der Waals surface area contributed by atoms with Crippen LogP contribution in [0.25, 0.3) is 0 Å². The molecule has 0 radical (unpaired) electrons. The largest absolute Gasteiger partial charge is 0.317 e. The third-order valence-electron chi connectivity index (χ3n) is 6.88. The van der Waals surface area contributed by atoms with Crippen LogP contribution in [0.3, 0.4) is 0 Å². The summed E-state index contributed by atoms with van der Waals surface area (Å²) >= 11 is 0. The van der Waals surface area contributed by atoms with E-state index in [-0.39, 0.29) is 5.66 Å². The molecule has 0 aliphatic carbocycles. The van der Waals surface area contributed by atoms with E-state index in [1.807, 2.05) is 24.3 Å². The predicted octanol–water partition coefficient (Wildman–Crippen LogP) is 7.35. The fraction of sp³-hybridized carbons (Fsp3) is 0.172. The molecule has 31 heavy (non-hydrogen) atoms. The summed E-state index contributed by atoms with van der Waals surface area (Å²) in [6, 6.07) is 42.0. The van der Waals surface area contributed by atoms with Crippen molar-refractivity contribution in [1.29, 1.82) is 0 Å². The van der Waals surface area contributed by atoms with Gasteiger partial charge in [-0.2, -0.15) is 0 Å². The van der Waals surface area contributed by atoms with E-state index >= 15 is 4.57 Å². The van der Waals surface area contributed by atoms with Gasteiger partial charge < -0.3 is 4.57 Å². The highest BCUT2D eigenvalue weighted by Crippen LogP contribution is 2.79. The average molecular weight is 423 g/mol. The lowest BCUT2D eigenvalue weighted by atomic mass is 9.86. The van der Waals surface area contributed by atoms with Crippen LogP contribution in [0.1, 0.15) is 35.2 Å². The third-order valence-corrected chi connectivity index (χ3v) is 11.3. The molecule has 0 spiro atoms. The van der Waals surface area contributed by atoms with Gasteiger partial charge in [0, 0.05) is 11.0 Å². The Morgan fingerprint density at radius 2 is 1.19 bits per heavy atom. The molecule has 0 unspecified atom stereocenters. The van der Waals surface area contributed by atoms with Gasteiger partial charge in [-0.25, -0.2) is 0 Å². The molecule has 154 valence electrons. The van der Waals surface area contributed by atoms with Gasteiger partial charge in [0.15, 0.2) is 0 Å². The molecule has 1 fully saturated rings. The zero-order valence-corrected chi connectivity index (χ0v) is 18.5. The van der Waals surface area contributed by atoms with Crippen LogP contribution < -0.4 is 5.30 Å². The van der Waals surface area contributed by atoms with Crippen LogP contribution in [0.5, 0.6) is 0 Å². The minimum Gasteiger partial charge on any atom is -0.317 e. The van der Waals surface area contributed by atoms with E-state index in [0.717, 1.165) is 24.6 Å². The van der Waals surface area contributed by atoms with E-state index in [1.165, 1.54) is 16.7 Å². The van der Waals surface area contributed by atoms with Crippen molar-refractivity contribution in [3.63, 3.8) is 0 Å². The molecule has 1 aliphatic heterocycles. The molecule has 0 aromatic heterocycles. The molecule has 4 aromatic rings. The molecule has 0 N–H and O–H groups in total. The average Bonchev–Trinajstić information content (AvgIpc) is 3.15. The Kier molecular flexibility index (Phi) is 5.38. The molecule has 1 saturated heterocycles. The second kappa shape index (κ2) is 8.33. The summed E-state index contributed by atoms with van der Waals surface area (Å²) in [7, 11) is -2.88. The standard InChI is InChI=1S/C29H27OP/c30-31(27-19-11-4-12-20-27)28(25-15-7-2-8-16-25)21-22-29(31,26-17-9-3-10-18-26)23-24-13-5-1-6-14-24/h1-20,28H,21-23H2/t28-,29-,31-/m0/s1. The van der Waals surface area contributed by atoms with Crippen molar-refractivity contribution >= 4 is 12.4 Å². The third kappa shape index (κ3) is 3.38. The lowest BCUT2D eigenvalue weighted by Crippen LogP contribution is -2.30. The normalized spacial score (nSPS) is 25.4. The zero-order chi connectivity index (χ0) is 21.2. The highest BCUT2D eigenvalue weighted by molar-refractivity contribution is 7.73. The van der Waals surface area contributed by atoms with Gasteiger partial charge in [-0.1, -0.05) is 121 Å². The Bertz CT molecular complexity index is 1170. The predicted molar refractivity (Wildman–Crippen MR) is 130 cm³/mol. The monoisotopic (exact) mass is 422 g/mol. The quantitative estimate of drug-likeness (QED) is 0.307. The Morgan fingerprint density at radius 3 is 1.81 bits per heavy atom. The van der Waals surface area contributed by atoms with Crippen LogP contribution in [0.2, 0.25) is 0 Å². The van der Waals surface area contributed by atoms with E-state index in [1.54, 1.807) is 0 Å². The summed E-state index contributed by atoms with van der Waals surface area (Å²) in [6.07, 6.45) is 2.63. The van der Waals surface area contributed by atoms with E-state index in [0.29, 0.717) is 0 Å². The Morgan fingerprint density at radius 1 is 0.677 bits per heavy atom. The van der Waals surface area contributed by atoms with Crippen molar-refractivity contribution in [2.45, 2.75) is 30.1 Å². The summed E-state index contributed by atoms with van der Waals surface area (Å²) in [5.74, 6) is 0. The van der Waals surface area contributed by atoms with Gasteiger partial charge in [0.05, 0.1) is 5.16 Å². The first kappa shape index (κ1) is 20.0. The second-order valence-electron chi connectivity index (χ2n) is 8.52. The van der Waals surface area contributed by atoms with Gasteiger partial charge in [-0.15, -0.1) is 0 Å². The minimum atomic E-state index is -2.88. The summed E-state index contributed by atoms with van der Waals surface area (Å²) in [5.41, 5.74) is 3.67. The van der Waals surface area contributed by atoms with Crippen molar-refractivity contribution in [3.8, 4) is 0 Å². The van der Waals surface area contributed by atoms with Crippen molar-refractivity contribution in [3.05, 3.63) is 138 Å². The smallest absolute Gasteiger partial charge is 0.133 e. The van der Waals surface area contributed by atoms with Gasteiger partial charge in [-0.3, -0.25) is 0 Å². The molecule has 3 atom stereocenters. The maximum absolute atomic E-state index is 15.6. The number of benzene rings is 4. The molecule has 0 saturated carbocycles. The highest BCUT2D eigenvalue weighted by Gasteiger charge is 2.58. The van der Waals surface area contributed by atoms with Gasteiger partial charge in [-0.05, 0) is 36.0 Å². The minimum absolute atomic E-state index is 0.0278. The molecule has 1 nitrogen and oxygen atoms in total. The molecular formula is C29H27OP. The van der Waals surface area contributed by atoms with E-state index in [9.17, 15) is 0 Å². The Balaban J connectivity index is 1.77.